The lowest BCUT2D eigenvalue weighted by Gasteiger charge is -2.36. The van der Waals surface area contributed by atoms with Crippen LogP contribution in [0.4, 0.5) is 10.1 Å². The fourth-order valence-electron chi connectivity index (χ4n) is 4.66. The summed E-state index contributed by atoms with van der Waals surface area (Å²) in [6.07, 6.45) is 2.16. The molecule has 1 N–H and O–H groups in total. The van der Waals surface area contributed by atoms with Gasteiger partial charge in [0.25, 0.3) is 0 Å². The molecule has 0 radical (unpaired) electrons. The Morgan fingerprint density at radius 1 is 0.971 bits per heavy atom. The topological polar surface area (TPSA) is 73.0 Å². The highest BCUT2D eigenvalue weighted by Crippen LogP contribution is 2.24. The third-order valence-corrected chi connectivity index (χ3v) is 8.53. The van der Waals surface area contributed by atoms with E-state index in [2.05, 4.69) is 39.4 Å². The van der Waals surface area contributed by atoms with E-state index < -0.39 is 15.8 Å². The number of para-hydroxylation sites is 1. The second kappa shape index (κ2) is 11.3. The van der Waals surface area contributed by atoms with E-state index in [1.807, 2.05) is 6.07 Å². The van der Waals surface area contributed by atoms with Gasteiger partial charge in [0.1, 0.15) is 5.82 Å². The Hall–Kier alpha value is -2.49. The van der Waals surface area contributed by atoms with Gasteiger partial charge in [0.2, 0.25) is 15.9 Å². The number of anilines is 1. The summed E-state index contributed by atoms with van der Waals surface area (Å²) in [5.41, 5.74) is 1.26. The number of hydrogen-bond donors (Lipinski definition) is 1. The predicted octanol–water partition coefficient (Wildman–Crippen LogP) is 2.55. The molecule has 2 aromatic carbocycles. The van der Waals surface area contributed by atoms with E-state index in [0.717, 1.165) is 51.3 Å². The number of carbonyl (C=O) groups is 1. The number of hydrogen-bond acceptors (Lipinski definition) is 5. The Kier molecular flexibility index (Phi) is 8.18. The van der Waals surface area contributed by atoms with E-state index in [0.29, 0.717) is 25.9 Å². The van der Waals surface area contributed by atoms with E-state index in [4.69, 9.17) is 0 Å². The Morgan fingerprint density at radius 3 is 2.38 bits per heavy atom. The standard InChI is InChI=1S/C25H33FN4O3S/c26-22-9-11-24(12-10-22)34(32,33)30-15-4-6-21(20-30)25(31)27-13-5-14-28-16-18-29(19-17-28)23-7-2-1-3-8-23/h1-3,7-12,21H,4-6,13-20H2,(H,27,31). The molecule has 0 aliphatic carbocycles. The molecule has 2 fully saturated rings. The maximum Gasteiger partial charge on any atom is 0.243 e. The number of carbonyl (C=O) groups excluding carboxylic acids is 1. The SMILES string of the molecule is O=C(NCCCN1CCN(c2ccccc2)CC1)C1CCCN(S(=O)(=O)c2ccc(F)cc2)C1. The van der Waals surface area contributed by atoms with Crippen LogP contribution in [-0.4, -0.2) is 75.9 Å². The fraction of sp³-hybridized carbons (Fsp3) is 0.480. The molecule has 1 amide bonds. The highest BCUT2D eigenvalue weighted by molar-refractivity contribution is 7.89. The number of benzene rings is 2. The van der Waals surface area contributed by atoms with Crippen molar-refractivity contribution in [3.63, 3.8) is 0 Å². The average Bonchev–Trinajstić information content (AvgIpc) is 2.88. The third-order valence-electron chi connectivity index (χ3n) is 6.65. The van der Waals surface area contributed by atoms with Gasteiger partial charge >= 0.3 is 0 Å². The van der Waals surface area contributed by atoms with Crippen LogP contribution < -0.4 is 10.2 Å². The molecule has 2 heterocycles. The maximum atomic E-state index is 13.2. The summed E-state index contributed by atoms with van der Waals surface area (Å²) in [6, 6.07) is 15.3. The molecule has 1 atom stereocenters. The fourth-order valence-corrected chi connectivity index (χ4v) is 6.18. The summed E-state index contributed by atoms with van der Waals surface area (Å²) in [6.45, 7) is 6.04. The van der Waals surface area contributed by atoms with Crippen molar-refractivity contribution < 1.29 is 17.6 Å². The zero-order chi connectivity index (χ0) is 24.0. The lowest BCUT2D eigenvalue weighted by atomic mass is 9.99. The number of nitrogens with one attached hydrogen (secondary N) is 1. The maximum absolute atomic E-state index is 13.2. The minimum absolute atomic E-state index is 0.0577. The largest absolute Gasteiger partial charge is 0.369 e. The molecule has 0 saturated carbocycles. The van der Waals surface area contributed by atoms with Gasteiger partial charge in [-0.05, 0) is 62.2 Å². The van der Waals surface area contributed by atoms with E-state index in [1.165, 1.54) is 22.1 Å². The van der Waals surface area contributed by atoms with Crippen molar-refractivity contribution in [2.45, 2.75) is 24.2 Å². The van der Waals surface area contributed by atoms with E-state index in [-0.39, 0.29) is 23.3 Å². The molecule has 0 aromatic heterocycles. The number of halogens is 1. The number of piperazine rings is 1. The van der Waals surface area contributed by atoms with Gasteiger partial charge in [0.15, 0.2) is 0 Å². The normalized spacial score (nSPS) is 20.3. The van der Waals surface area contributed by atoms with Crippen LogP contribution in [0.5, 0.6) is 0 Å². The first kappa shape index (κ1) is 24.6. The van der Waals surface area contributed by atoms with Crippen LogP contribution >= 0.6 is 0 Å². The van der Waals surface area contributed by atoms with Crippen LogP contribution in [0.25, 0.3) is 0 Å². The van der Waals surface area contributed by atoms with Crippen LogP contribution in [0.1, 0.15) is 19.3 Å². The lowest BCUT2D eigenvalue weighted by molar-refractivity contribution is -0.126. The van der Waals surface area contributed by atoms with Gasteiger partial charge in [-0.2, -0.15) is 4.31 Å². The van der Waals surface area contributed by atoms with Crippen LogP contribution in [0.3, 0.4) is 0 Å². The zero-order valence-electron chi connectivity index (χ0n) is 19.4. The van der Waals surface area contributed by atoms with Gasteiger partial charge in [-0.1, -0.05) is 18.2 Å². The molecule has 2 aromatic rings. The second-order valence-electron chi connectivity index (χ2n) is 8.96. The van der Waals surface area contributed by atoms with Crippen molar-refractivity contribution in [3.05, 3.63) is 60.4 Å². The second-order valence-corrected chi connectivity index (χ2v) is 10.9. The van der Waals surface area contributed by atoms with Gasteiger partial charge in [-0.15, -0.1) is 0 Å². The third kappa shape index (κ3) is 6.14. The van der Waals surface area contributed by atoms with Crippen LogP contribution in [0.15, 0.2) is 59.5 Å². The number of amides is 1. The highest BCUT2D eigenvalue weighted by Gasteiger charge is 2.33. The van der Waals surface area contributed by atoms with Gasteiger partial charge < -0.3 is 10.2 Å². The minimum Gasteiger partial charge on any atom is -0.369 e. The van der Waals surface area contributed by atoms with Crippen molar-refractivity contribution in [1.29, 1.82) is 0 Å². The van der Waals surface area contributed by atoms with Gasteiger partial charge in [0.05, 0.1) is 10.8 Å². The van der Waals surface area contributed by atoms with Crippen LogP contribution in [-0.2, 0) is 14.8 Å². The Labute approximate surface area is 201 Å². The minimum atomic E-state index is -3.73. The Balaban J connectivity index is 1.18. The summed E-state index contributed by atoms with van der Waals surface area (Å²) in [4.78, 5) is 17.6. The summed E-state index contributed by atoms with van der Waals surface area (Å²) in [5, 5.41) is 3.00. The molecule has 1 unspecified atom stereocenters. The summed E-state index contributed by atoms with van der Waals surface area (Å²) >= 11 is 0. The van der Waals surface area contributed by atoms with Crippen molar-refractivity contribution in [3.8, 4) is 0 Å². The predicted molar refractivity (Wildman–Crippen MR) is 131 cm³/mol. The molecule has 184 valence electrons. The molecular weight excluding hydrogens is 455 g/mol. The van der Waals surface area contributed by atoms with E-state index in [9.17, 15) is 17.6 Å². The smallest absolute Gasteiger partial charge is 0.243 e. The first-order chi connectivity index (χ1) is 16.4. The van der Waals surface area contributed by atoms with Crippen LogP contribution in [0, 0.1) is 11.7 Å². The molecule has 2 aliphatic heterocycles. The monoisotopic (exact) mass is 488 g/mol. The first-order valence-corrected chi connectivity index (χ1v) is 13.4. The average molecular weight is 489 g/mol. The molecule has 0 spiro atoms. The quantitative estimate of drug-likeness (QED) is 0.579. The van der Waals surface area contributed by atoms with Gasteiger partial charge in [0, 0.05) is 51.5 Å². The van der Waals surface area contributed by atoms with Gasteiger partial charge in [-0.25, -0.2) is 12.8 Å². The van der Waals surface area contributed by atoms with Crippen molar-refractivity contribution in [1.82, 2.24) is 14.5 Å². The zero-order valence-corrected chi connectivity index (χ0v) is 20.2. The van der Waals surface area contributed by atoms with E-state index >= 15 is 0 Å². The molecule has 2 saturated heterocycles. The van der Waals surface area contributed by atoms with E-state index in [1.54, 1.807) is 0 Å². The molecule has 2 aliphatic rings. The lowest BCUT2D eigenvalue weighted by Crippen LogP contribution is -2.47. The van der Waals surface area contributed by atoms with Crippen LogP contribution in [0.2, 0.25) is 0 Å². The molecule has 4 rings (SSSR count). The number of rotatable bonds is 8. The number of nitrogens with zero attached hydrogens (tertiary/aromatic N) is 3. The molecule has 34 heavy (non-hydrogen) atoms. The van der Waals surface area contributed by atoms with Crippen molar-refractivity contribution in [2.24, 2.45) is 5.92 Å². The number of sulfonamides is 1. The molecule has 0 bridgehead atoms. The van der Waals surface area contributed by atoms with Gasteiger partial charge in [-0.3, -0.25) is 9.69 Å². The molecule has 7 nitrogen and oxygen atoms in total. The number of piperidine rings is 1. The summed E-state index contributed by atoms with van der Waals surface area (Å²) in [7, 11) is -3.73. The summed E-state index contributed by atoms with van der Waals surface area (Å²) in [5.74, 6) is -0.931. The first-order valence-electron chi connectivity index (χ1n) is 12.0. The Bertz CT molecular complexity index is 1040. The molecular formula is C25H33FN4O3S. The highest BCUT2D eigenvalue weighted by atomic mass is 32.2. The summed E-state index contributed by atoms with van der Waals surface area (Å²) < 4.78 is 40.3. The van der Waals surface area contributed by atoms with Crippen molar-refractivity contribution in [2.75, 3.05) is 57.3 Å². The molecule has 9 heteroatoms. The Morgan fingerprint density at radius 2 is 1.68 bits per heavy atom. The van der Waals surface area contributed by atoms with Crippen molar-refractivity contribution >= 4 is 21.6 Å².